The third-order valence-corrected chi connectivity index (χ3v) is 4.78. The van der Waals surface area contributed by atoms with Crippen LogP contribution in [0.15, 0.2) is 42.5 Å². The van der Waals surface area contributed by atoms with E-state index in [2.05, 4.69) is 0 Å². The van der Waals surface area contributed by atoms with Crippen LogP contribution in [0.5, 0.6) is 11.5 Å². The first-order valence-corrected chi connectivity index (χ1v) is 10.3. The maximum absolute atomic E-state index is 11.9. The summed E-state index contributed by atoms with van der Waals surface area (Å²) in [5.41, 5.74) is 1.06. The average molecular weight is 442 g/mol. The Balaban J connectivity index is 2.05. The van der Waals surface area contributed by atoms with Gasteiger partial charge in [0.05, 0.1) is 13.2 Å². The van der Waals surface area contributed by atoms with Crippen molar-refractivity contribution in [3.05, 3.63) is 48.0 Å². The van der Waals surface area contributed by atoms with Crippen molar-refractivity contribution < 1.29 is 38.7 Å². The SMILES string of the molecule is CCc1ccc2c(OCC(=O)OCCO)c3ccccc3c(OCC(=O)OCCO)c2c1. The van der Waals surface area contributed by atoms with Crippen molar-refractivity contribution in [2.45, 2.75) is 13.3 Å². The fraction of sp³-hybridized carbons (Fsp3) is 0.333. The van der Waals surface area contributed by atoms with Gasteiger partial charge in [0, 0.05) is 21.5 Å². The van der Waals surface area contributed by atoms with Crippen LogP contribution in [0.2, 0.25) is 0 Å². The molecule has 0 heterocycles. The van der Waals surface area contributed by atoms with Gasteiger partial charge in [0.1, 0.15) is 24.7 Å². The molecule has 32 heavy (non-hydrogen) atoms. The molecule has 3 rings (SSSR count). The fourth-order valence-corrected chi connectivity index (χ4v) is 3.34. The molecule has 8 heteroatoms. The highest BCUT2D eigenvalue weighted by molar-refractivity contribution is 6.11. The Hall–Kier alpha value is -3.36. The standard InChI is InChI=1S/C24H26O8/c1-2-16-7-8-19-20(13-16)24(32-15-22(28)30-12-10-26)18-6-4-3-5-17(18)23(19)31-14-21(27)29-11-9-25/h3-8,13,25-26H,2,9-12,14-15H2,1H3. The van der Waals surface area contributed by atoms with E-state index in [-0.39, 0.29) is 39.6 Å². The van der Waals surface area contributed by atoms with Gasteiger partial charge < -0.3 is 29.2 Å². The summed E-state index contributed by atoms with van der Waals surface area (Å²) in [4.78, 5) is 23.9. The smallest absolute Gasteiger partial charge is 0.344 e. The molecule has 0 bridgehead atoms. The minimum atomic E-state index is -0.589. The highest BCUT2D eigenvalue weighted by atomic mass is 16.6. The van der Waals surface area contributed by atoms with Gasteiger partial charge in [-0.05, 0) is 18.1 Å². The Bertz CT molecular complexity index is 1090. The van der Waals surface area contributed by atoms with E-state index in [0.717, 1.165) is 22.8 Å². The van der Waals surface area contributed by atoms with Gasteiger partial charge in [-0.2, -0.15) is 0 Å². The summed E-state index contributed by atoms with van der Waals surface area (Å²) in [6.45, 7) is 0.689. The van der Waals surface area contributed by atoms with Crippen molar-refractivity contribution in [1.82, 2.24) is 0 Å². The van der Waals surface area contributed by atoms with Crippen molar-refractivity contribution in [3.63, 3.8) is 0 Å². The summed E-state index contributed by atoms with van der Waals surface area (Å²) < 4.78 is 21.5. The number of fused-ring (bicyclic) bond motifs is 2. The third-order valence-electron chi connectivity index (χ3n) is 4.78. The number of carbonyl (C=O) groups excluding carboxylic acids is 2. The maximum Gasteiger partial charge on any atom is 0.344 e. The first-order valence-electron chi connectivity index (χ1n) is 10.3. The Morgan fingerprint density at radius 3 is 1.75 bits per heavy atom. The fourth-order valence-electron chi connectivity index (χ4n) is 3.34. The lowest BCUT2D eigenvalue weighted by atomic mass is 9.98. The zero-order valence-corrected chi connectivity index (χ0v) is 17.8. The zero-order valence-electron chi connectivity index (χ0n) is 17.8. The van der Waals surface area contributed by atoms with Crippen LogP contribution in [-0.4, -0.2) is 61.8 Å². The molecule has 0 unspecified atom stereocenters. The van der Waals surface area contributed by atoms with Gasteiger partial charge in [-0.15, -0.1) is 0 Å². The number of aryl methyl sites for hydroxylation is 1. The monoisotopic (exact) mass is 442 g/mol. The van der Waals surface area contributed by atoms with E-state index in [0.29, 0.717) is 22.3 Å². The quantitative estimate of drug-likeness (QED) is 0.344. The van der Waals surface area contributed by atoms with E-state index in [9.17, 15) is 9.59 Å². The van der Waals surface area contributed by atoms with Gasteiger partial charge in [-0.3, -0.25) is 0 Å². The lowest BCUT2D eigenvalue weighted by Gasteiger charge is -2.18. The van der Waals surface area contributed by atoms with Crippen LogP contribution in [0, 0.1) is 0 Å². The highest BCUT2D eigenvalue weighted by Crippen LogP contribution is 2.43. The van der Waals surface area contributed by atoms with E-state index in [1.807, 2.05) is 49.4 Å². The zero-order chi connectivity index (χ0) is 22.9. The van der Waals surface area contributed by atoms with Crippen LogP contribution in [0.4, 0.5) is 0 Å². The lowest BCUT2D eigenvalue weighted by Crippen LogP contribution is -2.18. The molecule has 0 spiro atoms. The Kier molecular flexibility index (Phi) is 8.24. The second-order valence-electron chi connectivity index (χ2n) is 6.90. The third kappa shape index (κ3) is 5.46. The number of hydrogen-bond acceptors (Lipinski definition) is 8. The molecule has 8 nitrogen and oxygen atoms in total. The number of hydrogen-bond donors (Lipinski definition) is 2. The predicted octanol–water partition coefficient (Wildman–Crippen LogP) is 2.38. The molecule has 0 radical (unpaired) electrons. The molecule has 0 fully saturated rings. The van der Waals surface area contributed by atoms with E-state index in [1.165, 1.54) is 0 Å². The number of aliphatic hydroxyl groups excluding tert-OH is 2. The predicted molar refractivity (Wildman–Crippen MR) is 118 cm³/mol. The van der Waals surface area contributed by atoms with Crippen LogP contribution in [0.3, 0.4) is 0 Å². The summed E-state index contributed by atoms with van der Waals surface area (Å²) in [6.07, 6.45) is 0.796. The molecule has 3 aromatic carbocycles. The van der Waals surface area contributed by atoms with Gasteiger partial charge in [0.2, 0.25) is 0 Å². The van der Waals surface area contributed by atoms with E-state index < -0.39 is 11.9 Å². The first-order chi connectivity index (χ1) is 15.6. The van der Waals surface area contributed by atoms with Crippen molar-refractivity contribution in [2.75, 3.05) is 39.6 Å². The van der Waals surface area contributed by atoms with Crippen molar-refractivity contribution >= 4 is 33.5 Å². The van der Waals surface area contributed by atoms with Crippen LogP contribution >= 0.6 is 0 Å². The summed E-state index contributed by atoms with van der Waals surface area (Å²) in [5.74, 6) is -0.181. The summed E-state index contributed by atoms with van der Waals surface area (Å²) in [5, 5.41) is 20.5. The van der Waals surface area contributed by atoms with Gasteiger partial charge in [-0.1, -0.05) is 43.3 Å². The highest BCUT2D eigenvalue weighted by Gasteiger charge is 2.18. The van der Waals surface area contributed by atoms with Crippen molar-refractivity contribution in [2.24, 2.45) is 0 Å². The molecule has 0 amide bonds. The number of esters is 2. The topological polar surface area (TPSA) is 112 Å². The molecule has 0 aliphatic rings. The molecular formula is C24H26O8. The number of rotatable bonds is 11. The molecule has 170 valence electrons. The van der Waals surface area contributed by atoms with Gasteiger partial charge in [-0.25, -0.2) is 9.59 Å². The van der Waals surface area contributed by atoms with Crippen LogP contribution in [0.25, 0.3) is 21.5 Å². The minimum absolute atomic E-state index is 0.0944. The largest absolute Gasteiger partial charge is 0.481 e. The normalized spacial score (nSPS) is 10.8. The second-order valence-corrected chi connectivity index (χ2v) is 6.90. The molecule has 3 aromatic rings. The summed E-state index contributed by atoms with van der Waals surface area (Å²) in [7, 11) is 0. The number of ether oxygens (including phenoxy) is 4. The van der Waals surface area contributed by atoms with E-state index in [4.69, 9.17) is 29.2 Å². The maximum atomic E-state index is 11.9. The first kappa shape index (κ1) is 23.3. The average Bonchev–Trinajstić information content (AvgIpc) is 2.82. The van der Waals surface area contributed by atoms with Gasteiger partial charge in [0.25, 0.3) is 0 Å². The molecule has 0 aliphatic carbocycles. The molecule has 0 aromatic heterocycles. The van der Waals surface area contributed by atoms with E-state index >= 15 is 0 Å². The van der Waals surface area contributed by atoms with Gasteiger partial charge in [0.15, 0.2) is 13.2 Å². The van der Waals surface area contributed by atoms with Crippen molar-refractivity contribution in [1.29, 1.82) is 0 Å². The molecule has 0 saturated heterocycles. The number of benzene rings is 3. The van der Waals surface area contributed by atoms with Crippen LogP contribution < -0.4 is 9.47 Å². The molecule has 0 aliphatic heterocycles. The lowest BCUT2D eigenvalue weighted by molar-refractivity contribution is -0.147. The van der Waals surface area contributed by atoms with Crippen LogP contribution in [-0.2, 0) is 25.5 Å². The van der Waals surface area contributed by atoms with Gasteiger partial charge >= 0.3 is 11.9 Å². The molecular weight excluding hydrogens is 416 g/mol. The second kappa shape index (κ2) is 11.3. The van der Waals surface area contributed by atoms with E-state index in [1.54, 1.807) is 0 Å². The Labute approximate surface area is 185 Å². The Morgan fingerprint density at radius 1 is 0.750 bits per heavy atom. The minimum Gasteiger partial charge on any atom is -0.481 e. The number of carbonyl (C=O) groups is 2. The summed E-state index contributed by atoms with van der Waals surface area (Å²) in [6, 6.07) is 13.2. The summed E-state index contributed by atoms with van der Waals surface area (Å²) >= 11 is 0. The molecule has 2 N–H and O–H groups in total. The molecule has 0 saturated carbocycles. The molecule has 0 atom stereocenters. The van der Waals surface area contributed by atoms with Crippen molar-refractivity contribution in [3.8, 4) is 11.5 Å². The van der Waals surface area contributed by atoms with Crippen LogP contribution in [0.1, 0.15) is 12.5 Å². The number of aliphatic hydroxyl groups is 2. The Morgan fingerprint density at radius 2 is 1.25 bits per heavy atom.